The van der Waals surface area contributed by atoms with Gasteiger partial charge < -0.3 is 10.2 Å². The van der Waals surface area contributed by atoms with Crippen molar-refractivity contribution in [2.24, 2.45) is 0 Å². The van der Waals surface area contributed by atoms with Crippen molar-refractivity contribution in [3.63, 3.8) is 0 Å². The molecule has 0 spiro atoms. The summed E-state index contributed by atoms with van der Waals surface area (Å²) >= 11 is 0. The highest BCUT2D eigenvalue weighted by molar-refractivity contribution is 5.89. The summed E-state index contributed by atoms with van der Waals surface area (Å²) in [6, 6.07) is 11.6. The molecule has 0 unspecified atom stereocenters. The molecular formula is C14H16O2. The van der Waals surface area contributed by atoms with Crippen molar-refractivity contribution in [3.05, 3.63) is 47.5 Å². The van der Waals surface area contributed by atoms with E-state index in [9.17, 15) is 10.2 Å². The van der Waals surface area contributed by atoms with Crippen LogP contribution >= 0.6 is 0 Å². The number of hydrogen-bond donors (Lipinski definition) is 2. The zero-order valence-corrected chi connectivity index (χ0v) is 9.51. The smallest absolute Gasteiger partial charge is 0.179 e. The van der Waals surface area contributed by atoms with Gasteiger partial charge in [0.1, 0.15) is 0 Å². The fourth-order valence-electron chi connectivity index (χ4n) is 2.07. The van der Waals surface area contributed by atoms with Gasteiger partial charge in [-0.2, -0.15) is 0 Å². The van der Waals surface area contributed by atoms with E-state index < -0.39 is 6.29 Å². The fourth-order valence-corrected chi connectivity index (χ4v) is 2.07. The Kier molecular flexibility index (Phi) is 2.95. The highest BCUT2D eigenvalue weighted by Crippen LogP contribution is 2.30. The number of hydrogen-bond acceptors (Lipinski definition) is 2. The molecule has 0 aromatic heterocycles. The molecule has 0 radical (unpaired) electrons. The molecule has 0 atom stereocenters. The Morgan fingerprint density at radius 3 is 1.81 bits per heavy atom. The predicted octanol–water partition coefficient (Wildman–Crippen LogP) is 2.95. The minimum absolute atomic E-state index is 0.426. The molecule has 0 fully saturated rings. The zero-order chi connectivity index (χ0) is 11.7. The van der Waals surface area contributed by atoms with Crippen molar-refractivity contribution in [2.45, 2.75) is 26.1 Å². The summed E-state index contributed by atoms with van der Waals surface area (Å²) in [4.78, 5) is 0. The summed E-state index contributed by atoms with van der Waals surface area (Å²) in [7, 11) is 0. The van der Waals surface area contributed by atoms with Crippen LogP contribution in [0.4, 0.5) is 0 Å². The Balaban J connectivity index is 2.77. The molecular weight excluding hydrogens is 200 g/mol. The molecule has 2 nitrogen and oxygen atoms in total. The molecule has 2 heteroatoms. The molecule has 16 heavy (non-hydrogen) atoms. The number of aliphatic hydroxyl groups is 2. The highest BCUT2D eigenvalue weighted by atomic mass is 16.5. The Labute approximate surface area is 95.2 Å². The predicted molar refractivity (Wildman–Crippen MR) is 65.2 cm³/mol. The van der Waals surface area contributed by atoms with Crippen LogP contribution in [-0.4, -0.2) is 10.2 Å². The second-order valence-corrected chi connectivity index (χ2v) is 4.32. The van der Waals surface area contributed by atoms with Crippen LogP contribution in [0, 0.1) is 0 Å². The van der Waals surface area contributed by atoms with E-state index in [0.29, 0.717) is 11.5 Å². The van der Waals surface area contributed by atoms with Gasteiger partial charge in [-0.1, -0.05) is 50.2 Å². The molecule has 2 aromatic rings. The van der Waals surface area contributed by atoms with Gasteiger partial charge in [-0.15, -0.1) is 0 Å². The lowest BCUT2D eigenvalue weighted by Crippen LogP contribution is -1.98. The standard InChI is InChI=1S/C14H16O2/c1-9(2)10-7-8-13(14(15)16)12-6-4-3-5-11(10)12/h3-9,14-16H,1-2H3. The van der Waals surface area contributed by atoms with Gasteiger partial charge >= 0.3 is 0 Å². The topological polar surface area (TPSA) is 40.5 Å². The lowest BCUT2D eigenvalue weighted by molar-refractivity contribution is -0.0413. The van der Waals surface area contributed by atoms with Crippen molar-refractivity contribution in [2.75, 3.05) is 0 Å². The van der Waals surface area contributed by atoms with E-state index in [1.165, 1.54) is 5.56 Å². The van der Waals surface area contributed by atoms with Crippen molar-refractivity contribution < 1.29 is 10.2 Å². The first-order chi connectivity index (χ1) is 7.61. The molecule has 2 aromatic carbocycles. The van der Waals surface area contributed by atoms with E-state index in [1.807, 2.05) is 30.3 Å². The quantitative estimate of drug-likeness (QED) is 0.758. The number of fused-ring (bicyclic) bond motifs is 1. The molecule has 0 bridgehead atoms. The summed E-state index contributed by atoms with van der Waals surface area (Å²) in [6.07, 6.45) is -1.41. The van der Waals surface area contributed by atoms with Crippen LogP contribution < -0.4 is 0 Å². The van der Waals surface area contributed by atoms with Crippen molar-refractivity contribution in [3.8, 4) is 0 Å². The molecule has 0 aliphatic carbocycles. The Bertz CT molecular complexity index is 455. The van der Waals surface area contributed by atoms with Gasteiger partial charge in [-0.05, 0) is 22.3 Å². The molecule has 0 aliphatic heterocycles. The number of benzene rings is 2. The lowest BCUT2D eigenvalue weighted by Gasteiger charge is -2.14. The third kappa shape index (κ3) is 1.82. The van der Waals surface area contributed by atoms with Crippen LogP contribution in [0.2, 0.25) is 0 Å². The zero-order valence-electron chi connectivity index (χ0n) is 9.51. The average molecular weight is 216 g/mol. The van der Waals surface area contributed by atoms with Crippen molar-refractivity contribution >= 4 is 10.8 Å². The molecule has 2 N–H and O–H groups in total. The van der Waals surface area contributed by atoms with E-state index in [2.05, 4.69) is 13.8 Å². The van der Waals surface area contributed by atoms with Crippen LogP contribution in [0.1, 0.15) is 37.2 Å². The maximum Gasteiger partial charge on any atom is 0.179 e. The van der Waals surface area contributed by atoms with E-state index in [4.69, 9.17) is 0 Å². The van der Waals surface area contributed by atoms with Crippen LogP contribution in [0.25, 0.3) is 10.8 Å². The molecule has 0 saturated carbocycles. The second kappa shape index (κ2) is 4.24. The SMILES string of the molecule is CC(C)c1ccc(C(O)O)c2ccccc12. The van der Waals surface area contributed by atoms with Gasteiger partial charge in [-0.25, -0.2) is 0 Å². The van der Waals surface area contributed by atoms with E-state index in [-0.39, 0.29) is 0 Å². The average Bonchev–Trinajstić information content (AvgIpc) is 2.27. The monoisotopic (exact) mass is 216 g/mol. The molecule has 0 heterocycles. The van der Waals surface area contributed by atoms with Crippen LogP contribution in [0.3, 0.4) is 0 Å². The highest BCUT2D eigenvalue weighted by Gasteiger charge is 2.11. The largest absolute Gasteiger partial charge is 0.364 e. The number of aliphatic hydroxyl groups excluding tert-OH is 1. The molecule has 0 saturated heterocycles. The first-order valence-electron chi connectivity index (χ1n) is 5.49. The Morgan fingerprint density at radius 1 is 0.812 bits per heavy atom. The van der Waals surface area contributed by atoms with E-state index in [0.717, 1.165) is 10.8 Å². The normalized spacial score (nSPS) is 11.6. The molecule has 0 aliphatic rings. The number of rotatable bonds is 2. The third-order valence-corrected chi connectivity index (χ3v) is 2.89. The van der Waals surface area contributed by atoms with E-state index >= 15 is 0 Å². The minimum atomic E-state index is -1.41. The summed E-state index contributed by atoms with van der Waals surface area (Å²) in [5, 5.41) is 20.6. The first kappa shape index (κ1) is 11.1. The second-order valence-electron chi connectivity index (χ2n) is 4.32. The summed E-state index contributed by atoms with van der Waals surface area (Å²) in [6.45, 7) is 4.27. The van der Waals surface area contributed by atoms with Crippen LogP contribution in [-0.2, 0) is 0 Å². The molecule has 2 rings (SSSR count). The van der Waals surface area contributed by atoms with Crippen molar-refractivity contribution in [1.82, 2.24) is 0 Å². The summed E-state index contributed by atoms with van der Waals surface area (Å²) < 4.78 is 0. The maximum atomic E-state index is 9.31. The van der Waals surface area contributed by atoms with Gasteiger partial charge in [0.05, 0.1) is 0 Å². The van der Waals surface area contributed by atoms with Crippen LogP contribution in [0.5, 0.6) is 0 Å². The Morgan fingerprint density at radius 2 is 1.31 bits per heavy atom. The van der Waals surface area contributed by atoms with Gasteiger partial charge in [0.25, 0.3) is 0 Å². The minimum Gasteiger partial charge on any atom is -0.364 e. The maximum absolute atomic E-state index is 9.31. The first-order valence-corrected chi connectivity index (χ1v) is 5.49. The van der Waals surface area contributed by atoms with Gasteiger partial charge in [0.2, 0.25) is 0 Å². The molecule has 84 valence electrons. The van der Waals surface area contributed by atoms with E-state index in [1.54, 1.807) is 6.07 Å². The lowest BCUT2D eigenvalue weighted by atomic mass is 9.93. The fraction of sp³-hybridized carbons (Fsp3) is 0.286. The van der Waals surface area contributed by atoms with Gasteiger partial charge in [-0.3, -0.25) is 0 Å². The van der Waals surface area contributed by atoms with Gasteiger partial charge in [0.15, 0.2) is 6.29 Å². The van der Waals surface area contributed by atoms with Gasteiger partial charge in [0, 0.05) is 5.56 Å². The van der Waals surface area contributed by atoms with Crippen molar-refractivity contribution in [1.29, 1.82) is 0 Å². The van der Waals surface area contributed by atoms with Crippen LogP contribution in [0.15, 0.2) is 36.4 Å². The third-order valence-electron chi connectivity index (χ3n) is 2.89. The Hall–Kier alpha value is -1.38. The summed E-state index contributed by atoms with van der Waals surface area (Å²) in [5.41, 5.74) is 1.81. The molecule has 0 amide bonds. The summed E-state index contributed by atoms with van der Waals surface area (Å²) in [5.74, 6) is 0.426.